The van der Waals surface area contributed by atoms with Crippen LogP contribution in [0.25, 0.3) is 0 Å². The van der Waals surface area contributed by atoms with Gasteiger partial charge in [-0.05, 0) is 42.0 Å². The van der Waals surface area contributed by atoms with Gasteiger partial charge in [0.2, 0.25) is 5.78 Å². The van der Waals surface area contributed by atoms with Gasteiger partial charge in [0.25, 0.3) is 0 Å². The molecule has 0 aromatic heterocycles. The zero-order chi connectivity index (χ0) is 26.3. The van der Waals surface area contributed by atoms with Gasteiger partial charge >= 0.3 is 0 Å². The second-order valence-corrected chi connectivity index (χ2v) is 13.2. The molecule has 0 saturated heterocycles. The molecule has 0 aliphatic heterocycles. The molecule has 0 radical (unpaired) electrons. The summed E-state index contributed by atoms with van der Waals surface area (Å²) in [5.74, 6) is -0.0616. The lowest BCUT2D eigenvalue weighted by Crippen LogP contribution is -2.41. The highest BCUT2D eigenvalue weighted by atomic mass is 79.9. The first-order valence-electron chi connectivity index (χ1n) is 12.7. The predicted molar refractivity (Wildman–Crippen MR) is 164 cm³/mol. The molecular formula is C34H29BrO2P+. The largest absolute Gasteiger partial charge is 0.290 e. The number of Topliss-reactive ketones (excluding diaryl/α,β-unsaturated/α-hetero) is 1. The summed E-state index contributed by atoms with van der Waals surface area (Å²) < 4.78 is 6.12. The Hall–Kier alpha value is -3.36. The summed E-state index contributed by atoms with van der Waals surface area (Å²) in [6.45, 7) is 0. The Morgan fingerprint density at radius 2 is 0.947 bits per heavy atom. The highest BCUT2D eigenvalue weighted by molar-refractivity contribution is 9.06. The topological polar surface area (TPSA) is 26.3 Å². The molecule has 38 heavy (non-hydrogen) atoms. The zero-order valence-corrected chi connectivity index (χ0v) is 23.5. The molecule has 5 rings (SSSR count). The van der Waals surface area contributed by atoms with E-state index in [4.69, 9.17) is 3.83 Å². The first-order valence-corrected chi connectivity index (χ1v) is 15.3. The zero-order valence-electron chi connectivity index (χ0n) is 21.0. The fourth-order valence-electron chi connectivity index (χ4n) is 5.24. The van der Waals surface area contributed by atoms with Crippen LogP contribution in [0.4, 0.5) is 0 Å². The quantitative estimate of drug-likeness (QED) is 0.127. The molecule has 0 amide bonds. The van der Waals surface area contributed by atoms with Crippen molar-refractivity contribution in [3.05, 3.63) is 163 Å². The molecule has 0 N–H and O–H groups in total. The van der Waals surface area contributed by atoms with E-state index in [1.807, 2.05) is 60.7 Å². The maximum atomic E-state index is 14.3. The fraction of sp³-hybridized carbons (Fsp3) is 0.0882. The maximum absolute atomic E-state index is 14.3. The molecule has 2 nitrogen and oxygen atoms in total. The Kier molecular flexibility index (Phi) is 8.29. The third kappa shape index (κ3) is 5.02. The number of carbonyl (C=O) groups excluding carboxylic acids is 1. The molecule has 0 spiro atoms. The van der Waals surface area contributed by atoms with E-state index in [0.717, 1.165) is 11.7 Å². The summed E-state index contributed by atoms with van der Waals surface area (Å²) in [4.78, 5) is 14.3. The third-order valence-electron chi connectivity index (χ3n) is 7.16. The number of hydrogen-bond acceptors (Lipinski definition) is 2. The van der Waals surface area contributed by atoms with Crippen molar-refractivity contribution in [3.63, 3.8) is 0 Å². The van der Waals surface area contributed by atoms with Crippen LogP contribution in [0.1, 0.15) is 22.3 Å². The van der Waals surface area contributed by atoms with Crippen molar-refractivity contribution in [2.24, 2.45) is 0 Å². The van der Waals surface area contributed by atoms with Crippen molar-refractivity contribution < 1.29 is 8.62 Å². The highest BCUT2D eigenvalue weighted by Crippen LogP contribution is 2.57. The normalized spacial score (nSPS) is 13.0. The summed E-state index contributed by atoms with van der Waals surface area (Å²) in [7, 11) is -2.17. The number of hydrogen-bond donors (Lipinski definition) is 0. The number of ketones is 1. The van der Waals surface area contributed by atoms with Crippen molar-refractivity contribution in [1.29, 1.82) is 0 Å². The molecule has 1 atom stereocenters. The lowest BCUT2D eigenvalue weighted by Gasteiger charge is -2.34. The van der Waals surface area contributed by atoms with Gasteiger partial charge in [-0.2, -0.15) is 0 Å². The van der Waals surface area contributed by atoms with Crippen molar-refractivity contribution in [3.8, 4) is 0 Å². The molecule has 0 saturated carbocycles. The van der Waals surface area contributed by atoms with Crippen molar-refractivity contribution in [2.45, 2.75) is 12.0 Å². The highest BCUT2D eigenvalue weighted by Gasteiger charge is 2.50. The van der Waals surface area contributed by atoms with Gasteiger partial charge in [0, 0.05) is 12.0 Å². The molecule has 4 heteroatoms. The van der Waals surface area contributed by atoms with E-state index in [1.165, 1.54) is 15.9 Å². The molecule has 5 aromatic carbocycles. The van der Waals surface area contributed by atoms with Crippen LogP contribution >= 0.6 is 23.5 Å². The molecule has 0 aliphatic rings. The lowest BCUT2D eigenvalue weighted by molar-refractivity contribution is 0.0546. The van der Waals surface area contributed by atoms with E-state index >= 15 is 0 Å². The maximum Gasteiger partial charge on any atom is 0.200 e. The minimum Gasteiger partial charge on any atom is -0.290 e. The summed E-state index contributed by atoms with van der Waals surface area (Å²) >= 11 is 3.34. The van der Waals surface area contributed by atoms with Crippen LogP contribution in [-0.4, -0.2) is 11.9 Å². The van der Waals surface area contributed by atoms with Crippen LogP contribution in [0.5, 0.6) is 0 Å². The predicted octanol–water partition coefficient (Wildman–Crippen LogP) is 7.48. The van der Waals surface area contributed by atoms with Crippen LogP contribution in [0.2, 0.25) is 0 Å². The Bertz CT molecular complexity index is 1350. The van der Waals surface area contributed by atoms with E-state index in [0.29, 0.717) is 12.0 Å². The van der Waals surface area contributed by atoms with Crippen LogP contribution in [0.3, 0.4) is 0 Å². The van der Waals surface area contributed by atoms with E-state index in [1.54, 1.807) is 0 Å². The average Bonchev–Trinajstić information content (AvgIpc) is 3.02. The van der Waals surface area contributed by atoms with Gasteiger partial charge in [0.1, 0.15) is 39.4 Å². The van der Waals surface area contributed by atoms with Gasteiger partial charge in [-0.3, -0.25) is 8.62 Å². The van der Waals surface area contributed by atoms with Gasteiger partial charge < -0.3 is 0 Å². The lowest BCUT2D eigenvalue weighted by atomic mass is 9.84. The molecular weight excluding hydrogens is 551 g/mol. The number of halogens is 1. The van der Waals surface area contributed by atoms with Crippen molar-refractivity contribution >= 4 is 45.2 Å². The summed E-state index contributed by atoms with van der Waals surface area (Å²) in [6.07, 6.45) is 1.23. The van der Waals surface area contributed by atoms with Crippen LogP contribution in [0.15, 0.2) is 152 Å². The van der Waals surface area contributed by atoms with Gasteiger partial charge in [-0.25, -0.2) is 0 Å². The minimum atomic E-state index is -2.17. The van der Waals surface area contributed by atoms with Crippen molar-refractivity contribution in [1.82, 2.24) is 0 Å². The molecule has 188 valence electrons. The van der Waals surface area contributed by atoms with Crippen LogP contribution < -0.4 is 15.9 Å². The Balaban J connectivity index is 1.70. The van der Waals surface area contributed by atoms with Gasteiger partial charge in [-0.1, -0.05) is 115 Å². The van der Waals surface area contributed by atoms with Gasteiger partial charge in [-0.15, -0.1) is 0 Å². The first-order chi connectivity index (χ1) is 18.7. The fourth-order valence-corrected chi connectivity index (χ4v) is 10.1. The average molecular weight is 580 g/mol. The summed E-state index contributed by atoms with van der Waals surface area (Å²) in [5.41, 5.74) is 0.253. The molecule has 0 heterocycles. The monoisotopic (exact) mass is 579 g/mol. The summed E-state index contributed by atoms with van der Waals surface area (Å²) in [6, 6.07) is 51.5. The van der Waals surface area contributed by atoms with E-state index in [2.05, 4.69) is 107 Å². The Labute approximate surface area is 234 Å². The SMILES string of the molecule is O=C(c1ccccc1)C(CC[P+](c1ccccc1)(c1ccccc1)c1ccccc1)(OBr)c1ccccc1. The minimum absolute atomic E-state index is 0.0616. The number of benzene rings is 5. The van der Waals surface area contributed by atoms with Gasteiger partial charge in [0.05, 0.1) is 6.16 Å². The smallest absolute Gasteiger partial charge is 0.200 e. The standard InChI is InChI=1S/C34H29BrO2P/c35-37-34(29-18-8-2-9-19-29,33(36)28-16-6-1-7-17-28)26-27-38(30-20-10-3-11-21-30,31-22-12-4-13-23-31)32-24-14-5-15-25-32/h1-25H,26-27H2/q+1. The molecule has 5 aromatic rings. The molecule has 1 unspecified atom stereocenters. The number of rotatable bonds is 10. The second-order valence-electron chi connectivity index (χ2n) is 9.26. The Morgan fingerprint density at radius 1 is 0.579 bits per heavy atom. The molecule has 0 bridgehead atoms. The summed E-state index contributed by atoms with van der Waals surface area (Å²) in [5, 5.41) is 3.84. The van der Waals surface area contributed by atoms with E-state index in [9.17, 15) is 4.79 Å². The molecule has 0 fully saturated rings. The first kappa shape index (κ1) is 26.3. The van der Waals surface area contributed by atoms with Crippen LogP contribution in [-0.2, 0) is 9.43 Å². The van der Waals surface area contributed by atoms with E-state index in [-0.39, 0.29) is 5.78 Å². The third-order valence-corrected chi connectivity index (χ3v) is 12.2. The second kappa shape index (κ2) is 12.0. The Morgan fingerprint density at radius 3 is 1.34 bits per heavy atom. The number of carbonyl (C=O) groups is 1. The van der Waals surface area contributed by atoms with E-state index < -0.39 is 12.9 Å². The molecule has 0 aliphatic carbocycles. The van der Waals surface area contributed by atoms with Crippen LogP contribution in [0, 0.1) is 0 Å². The van der Waals surface area contributed by atoms with Gasteiger partial charge in [0.15, 0.2) is 5.60 Å². The van der Waals surface area contributed by atoms with Crippen molar-refractivity contribution in [2.75, 3.05) is 6.16 Å².